The summed E-state index contributed by atoms with van der Waals surface area (Å²) in [5.74, 6) is -2.53. The van der Waals surface area contributed by atoms with Gasteiger partial charge in [-0.25, -0.2) is 17.2 Å². The monoisotopic (exact) mass is 362 g/mol. The Kier molecular flexibility index (Phi) is 3.96. The van der Waals surface area contributed by atoms with Gasteiger partial charge in [0.05, 0.1) is 10.6 Å². The summed E-state index contributed by atoms with van der Waals surface area (Å²) in [6.07, 6.45) is 0. The lowest BCUT2D eigenvalue weighted by molar-refractivity contribution is 0.512. The quantitative estimate of drug-likeness (QED) is 0.824. The molecule has 0 aliphatic rings. The highest BCUT2D eigenvalue weighted by atomic mass is 79.9. The molecule has 0 aromatic heterocycles. The summed E-state index contributed by atoms with van der Waals surface area (Å²) < 4.78 is 53.4. The zero-order valence-corrected chi connectivity index (χ0v) is 12.3. The Balaban J connectivity index is 2.47. The third-order valence-electron chi connectivity index (χ3n) is 2.47. The van der Waals surface area contributed by atoms with Crippen LogP contribution in [-0.2, 0) is 10.0 Å². The van der Waals surface area contributed by atoms with Crippen molar-refractivity contribution in [2.24, 2.45) is 0 Å². The van der Waals surface area contributed by atoms with Crippen LogP contribution in [0.25, 0.3) is 0 Å². The summed E-state index contributed by atoms with van der Waals surface area (Å²) >= 11 is 3.13. The van der Waals surface area contributed by atoms with E-state index in [0.717, 1.165) is 12.1 Å². The van der Waals surface area contributed by atoms with Crippen molar-refractivity contribution in [3.05, 3.63) is 52.5 Å². The Morgan fingerprint density at radius 2 is 1.85 bits per heavy atom. The van der Waals surface area contributed by atoms with Gasteiger partial charge in [-0.05, 0) is 30.3 Å². The van der Waals surface area contributed by atoms with Gasteiger partial charge in [-0.3, -0.25) is 4.72 Å². The fourth-order valence-corrected chi connectivity index (χ4v) is 3.18. The highest BCUT2D eigenvalue weighted by Crippen LogP contribution is 2.27. The number of nitrogen functional groups attached to an aromatic ring is 1. The molecule has 8 heteroatoms. The van der Waals surface area contributed by atoms with Crippen LogP contribution in [0.2, 0.25) is 0 Å². The van der Waals surface area contributed by atoms with Crippen molar-refractivity contribution in [3.63, 3.8) is 0 Å². The van der Waals surface area contributed by atoms with Crippen LogP contribution >= 0.6 is 15.9 Å². The molecule has 2 aromatic carbocycles. The van der Waals surface area contributed by atoms with Gasteiger partial charge in [0.2, 0.25) is 0 Å². The molecule has 0 heterocycles. The fourth-order valence-electron chi connectivity index (χ4n) is 1.50. The first-order valence-electron chi connectivity index (χ1n) is 5.33. The average molecular weight is 363 g/mol. The SMILES string of the molecule is Nc1ccc(F)c(F)c1NS(=O)(=O)c1cccc(Br)c1. The minimum Gasteiger partial charge on any atom is -0.397 e. The van der Waals surface area contributed by atoms with Gasteiger partial charge in [0.15, 0.2) is 11.6 Å². The van der Waals surface area contributed by atoms with E-state index in [1.165, 1.54) is 18.2 Å². The van der Waals surface area contributed by atoms with Crippen LogP contribution in [0.1, 0.15) is 0 Å². The summed E-state index contributed by atoms with van der Waals surface area (Å²) in [7, 11) is -4.06. The number of nitrogens with two attached hydrogens (primary N) is 1. The van der Waals surface area contributed by atoms with Gasteiger partial charge in [-0.1, -0.05) is 22.0 Å². The minimum atomic E-state index is -4.06. The summed E-state index contributed by atoms with van der Waals surface area (Å²) in [4.78, 5) is -0.102. The molecule has 0 fully saturated rings. The molecule has 0 saturated heterocycles. The zero-order valence-electron chi connectivity index (χ0n) is 9.90. The Bertz CT molecular complexity index is 766. The van der Waals surface area contributed by atoms with Gasteiger partial charge in [0.25, 0.3) is 10.0 Å². The van der Waals surface area contributed by atoms with Crippen LogP contribution in [0, 0.1) is 11.6 Å². The van der Waals surface area contributed by atoms with Crippen molar-refractivity contribution in [3.8, 4) is 0 Å². The summed E-state index contributed by atoms with van der Waals surface area (Å²) in [6.45, 7) is 0. The van der Waals surface area contributed by atoms with Gasteiger partial charge in [-0.15, -0.1) is 0 Å². The Morgan fingerprint density at radius 3 is 2.50 bits per heavy atom. The van der Waals surface area contributed by atoms with E-state index in [2.05, 4.69) is 15.9 Å². The Hall–Kier alpha value is -1.67. The molecule has 0 aliphatic carbocycles. The second-order valence-electron chi connectivity index (χ2n) is 3.89. The van der Waals surface area contributed by atoms with E-state index in [-0.39, 0.29) is 10.6 Å². The normalized spacial score (nSPS) is 11.3. The first-order chi connectivity index (χ1) is 9.31. The number of sulfonamides is 1. The molecule has 0 spiro atoms. The van der Waals surface area contributed by atoms with E-state index < -0.39 is 27.3 Å². The molecule has 2 rings (SSSR count). The molecule has 20 heavy (non-hydrogen) atoms. The highest BCUT2D eigenvalue weighted by Gasteiger charge is 2.20. The third kappa shape index (κ3) is 2.91. The first kappa shape index (κ1) is 14.7. The number of rotatable bonds is 3. The number of benzene rings is 2. The molecule has 0 saturated carbocycles. The summed E-state index contributed by atoms with van der Waals surface area (Å²) in [5, 5.41) is 0. The smallest absolute Gasteiger partial charge is 0.262 e. The fraction of sp³-hybridized carbons (Fsp3) is 0. The lowest BCUT2D eigenvalue weighted by atomic mass is 10.2. The van der Waals surface area contributed by atoms with Crippen LogP contribution in [0.3, 0.4) is 0 Å². The number of halogens is 3. The lowest BCUT2D eigenvalue weighted by Gasteiger charge is -2.11. The van der Waals surface area contributed by atoms with Crippen molar-refractivity contribution in [2.75, 3.05) is 10.5 Å². The molecule has 0 aliphatic heterocycles. The average Bonchev–Trinajstić information content (AvgIpc) is 2.39. The van der Waals surface area contributed by atoms with Crippen LogP contribution in [0.4, 0.5) is 20.2 Å². The van der Waals surface area contributed by atoms with Crippen LogP contribution in [0.5, 0.6) is 0 Å². The molecular weight excluding hydrogens is 354 g/mol. The maximum absolute atomic E-state index is 13.6. The molecule has 0 bridgehead atoms. The van der Waals surface area contributed by atoms with Gasteiger partial charge >= 0.3 is 0 Å². The molecule has 3 N–H and O–H groups in total. The second kappa shape index (κ2) is 5.37. The lowest BCUT2D eigenvalue weighted by Crippen LogP contribution is -2.16. The number of nitrogens with one attached hydrogen (secondary N) is 1. The van der Waals surface area contributed by atoms with E-state index >= 15 is 0 Å². The Morgan fingerprint density at radius 1 is 1.15 bits per heavy atom. The van der Waals surface area contributed by atoms with Gasteiger partial charge in [0, 0.05) is 4.47 Å². The standard InChI is InChI=1S/C12H9BrF2N2O2S/c13-7-2-1-3-8(6-7)20(18,19)17-12-10(16)5-4-9(14)11(12)15/h1-6,17H,16H2. The van der Waals surface area contributed by atoms with E-state index in [1.54, 1.807) is 6.07 Å². The molecule has 0 radical (unpaired) electrons. The molecular formula is C12H9BrF2N2O2S. The van der Waals surface area contributed by atoms with E-state index in [4.69, 9.17) is 5.73 Å². The van der Waals surface area contributed by atoms with Crippen molar-refractivity contribution in [2.45, 2.75) is 4.90 Å². The van der Waals surface area contributed by atoms with Crippen LogP contribution in [0.15, 0.2) is 45.8 Å². The van der Waals surface area contributed by atoms with Gasteiger partial charge < -0.3 is 5.73 Å². The highest BCUT2D eigenvalue weighted by molar-refractivity contribution is 9.10. The van der Waals surface area contributed by atoms with Gasteiger partial charge in [0.1, 0.15) is 5.69 Å². The predicted molar refractivity (Wildman–Crippen MR) is 75.7 cm³/mol. The predicted octanol–water partition coefficient (Wildman–Crippen LogP) is 3.11. The molecule has 0 unspecified atom stereocenters. The minimum absolute atomic E-state index is 0.102. The van der Waals surface area contributed by atoms with Gasteiger partial charge in [-0.2, -0.15) is 0 Å². The number of hydrogen-bond donors (Lipinski definition) is 2. The first-order valence-corrected chi connectivity index (χ1v) is 7.61. The maximum atomic E-state index is 13.6. The largest absolute Gasteiger partial charge is 0.397 e. The molecule has 2 aromatic rings. The van der Waals surface area contributed by atoms with E-state index in [1.807, 2.05) is 4.72 Å². The maximum Gasteiger partial charge on any atom is 0.262 e. The summed E-state index contributed by atoms with van der Waals surface area (Å²) in [5.41, 5.74) is 4.65. The second-order valence-corrected chi connectivity index (χ2v) is 6.49. The number of anilines is 2. The van der Waals surface area contributed by atoms with Crippen LogP contribution < -0.4 is 10.5 Å². The van der Waals surface area contributed by atoms with Crippen molar-refractivity contribution in [1.82, 2.24) is 0 Å². The van der Waals surface area contributed by atoms with Crippen molar-refractivity contribution in [1.29, 1.82) is 0 Å². The topological polar surface area (TPSA) is 72.2 Å². The third-order valence-corrected chi connectivity index (χ3v) is 4.31. The molecule has 0 amide bonds. The molecule has 106 valence electrons. The Labute approximate surface area is 122 Å². The zero-order chi connectivity index (χ0) is 14.9. The van der Waals surface area contributed by atoms with E-state index in [0.29, 0.717) is 4.47 Å². The molecule has 0 atom stereocenters. The van der Waals surface area contributed by atoms with Crippen LogP contribution in [-0.4, -0.2) is 8.42 Å². The number of hydrogen-bond acceptors (Lipinski definition) is 3. The van der Waals surface area contributed by atoms with Crippen molar-refractivity contribution < 1.29 is 17.2 Å². The van der Waals surface area contributed by atoms with Crippen molar-refractivity contribution >= 4 is 37.3 Å². The molecule has 4 nitrogen and oxygen atoms in total. The van der Waals surface area contributed by atoms with E-state index in [9.17, 15) is 17.2 Å². The summed E-state index contributed by atoms with van der Waals surface area (Å²) in [6, 6.07) is 7.69.